The molecule has 2 fully saturated rings. The van der Waals surface area contributed by atoms with Crippen LogP contribution >= 0.6 is 11.6 Å². The molecule has 2 N–H and O–H groups in total. The molecule has 4 aliphatic rings. The van der Waals surface area contributed by atoms with Crippen molar-refractivity contribution in [2.24, 2.45) is 0 Å². The first-order valence-corrected chi connectivity index (χ1v) is 16.7. The van der Waals surface area contributed by atoms with Crippen LogP contribution in [0.25, 0.3) is 0 Å². The van der Waals surface area contributed by atoms with Crippen molar-refractivity contribution >= 4 is 29.0 Å². The molecule has 4 aliphatic heterocycles. The van der Waals surface area contributed by atoms with Crippen LogP contribution in [0.3, 0.4) is 0 Å². The Hall–Kier alpha value is -4.09. The third kappa shape index (κ3) is 7.33. The number of carbonyl (C=O) groups excluding carboxylic acids is 1. The lowest BCUT2D eigenvalue weighted by molar-refractivity contribution is -0.140. The summed E-state index contributed by atoms with van der Waals surface area (Å²) in [6, 6.07) is 2.06. The monoisotopic (exact) mass is 742 g/mol. The number of nitrogens with zero attached hydrogens (tertiary/aromatic N) is 7. The molecule has 51 heavy (non-hydrogen) atoms. The van der Waals surface area contributed by atoms with Gasteiger partial charge in [0.25, 0.3) is 12.0 Å². The highest BCUT2D eigenvalue weighted by Gasteiger charge is 2.40. The number of amides is 1. The highest BCUT2D eigenvalue weighted by molar-refractivity contribution is 6.34. The van der Waals surface area contributed by atoms with E-state index in [1.54, 1.807) is 18.8 Å². The van der Waals surface area contributed by atoms with Crippen LogP contribution in [0.2, 0.25) is 5.02 Å². The van der Waals surface area contributed by atoms with Crippen LogP contribution < -0.4 is 15.4 Å². The summed E-state index contributed by atoms with van der Waals surface area (Å²) in [5, 5.41) is 4.64. The summed E-state index contributed by atoms with van der Waals surface area (Å²) >= 11 is 6.60. The third-order valence-corrected chi connectivity index (χ3v) is 9.96. The number of alkyl halides is 3. The van der Waals surface area contributed by atoms with Crippen LogP contribution in [0.1, 0.15) is 70.4 Å². The van der Waals surface area contributed by atoms with E-state index >= 15 is 0 Å². The first-order valence-electron chi connectivity index (χ1n) is 16.4. The number of aromatic nitrogens is 4. The maximum Gasteiger partial charge on any atom is 0.416 e. The second-order valence-electron chi connectivity index (χ2n) is 13.0. The number of anilines is 2. The number of nitrogen functional groups attached to an aromatic ring is 1. The smallest absolute Gasteiger partial charge is 0.416 e. The topological polar surface area (TPSA) is 115 Å². The van der Waals surface area contributed by atoms with E-state index in [1.807, 2.05) is 4.90 Å². The Labute approximate surface area is 294 Å². The number of halogens is 7. The molecule has 3 aromatic rings. The van der Waals surface area contributed by atoms with Crippen molar-refractivity contribution in [1.29, 1.82) is 0 Å². The number of benzene rings is 1. The average molecular weight is 743 g/mol. The third-order valence-electron chi connectivity index (χ3n) is 9.56. The van der Waals surface area contributed by atoms with Gasteiger partial charge in [0, 0.05) is 62.9 Å². The molecule has 11 nitrogen and oxygen atoms in total. The minimum absolute atomic E-state index is 0.00850. The molecule has 276 valence electrons. The van der Waals surface area contributed by atoms with Crippen LogP contribution in [0.4, 0.5) is 37.8 Å². The minimum atomic E-state index is -4.82. The van der Waals surface area contributed by atoms with Crippen molar-refractivity contribution in [3.05, 3.63) is 68.4 Å². The zero-order chi connectivity index (χ0) is 36.8. The Morgan fingerprint density at radius 2 is 1.86 bits per heavy atom. The van der Waals surface area contributed by atoms with Gasteiger partial charge in [0.15, 0.2) is 11.5 Å². The van der Waals surface area contributed by atoms with Crippen LogP contribution in [0, 0.1) is 5.82 Å². The van der Waals surface area contributed by atoms with Gasteiger partial charge < -0.3 is 25.0 Å². The van der Waals surface area contributed by atoms with Crippen molar-refractivity contribution in [2.75, 3.05) is 51.5 Å². The van der Waals surface area contributed by atoms with Gasteiger partial charge in [-0.2, -0.15) is 37.0 Å². The number of nitrogens with two attached hydrogens (primary N) is 1. The lowest BCUT2D eigenvalue weighted by Gasteiger charge is -2.31. The number of rotatable bonds is 4. The lowest BCUT2D eigenvalue weighted by Crippen LogP contribution is -2.29. The zero-order valence-electron chi connectivity index (χ0n) is 28.2. The molecule has 2 atom stereocenters. The van der Waals surface area contributed by atoms with E-state index in [-0.39, 0.29) is 42.2 Å². The van der Waals surface area contributed by atoms with Crippen LogP contribution in [-0.4, -0.2) is 82.3 Å². The number of ether oxygens (including phenoxy) is 2. The molecule has 6 heterocycles. The predicted octanol–water partition coefficient (Wildman–Crippen LogP) is 6.01. The quantitative estimate of drug-likeness (QED) is 0.254. The van der Waals surface area contributed by atoms with Crippen molar-refractivity contribution in [3.8, 4) is 6.01 Å². The molecule has 18 heteroatoms. The maximum atomic E-state index is 15.0. The molecule has 2 aromatic heterocycles. The van der Waals surface area contributed by atoms with Crippen molar-refractivity contribution in [1.82, 2.24) is 29.5 Å². The molecule has 7 rings (SSSR count). The van der Waals surface area contributed by atoms with E-state index < -0.39 is 41.0 Å². The Morgan fingerprint density at radius 3 is 2.53 bits per heavy atom. The van der Waals surface area contributed by atoms with E-state index in [0.29, 0.717) is 66.9 Å². The Bertz CT molecular complexity index is 1830. The minimum Gasteiger partial charge on any atom is -0.467 e. The van der Waals surface area contributed by atoms with Crippen LogP contribution in [0.15, 0.2) is 23.8 Å². The second kappa shape index (κ2) is 14.5. The number of hydrogen-bond donors (Lipinski definition) is 1. The van der Waals surface area contributed by atoms with Gasteiger partial charge in [-0.3, -0.25) is 14.4 Å². The summed E-state index contributed by atoms with van der Waals surface area (Å²) < 4.78 is 93.3. The van der Waals surface area contributed by atoms with Crippen LogP contribution in [0.5, 0.6) is 6.01 Å². The molecule has 0 saturated carbocycles. The van der Waals surface area contributed by atoms with Gasteiger partial charge in [-0.1, -0.05) is 11.6 Å². The average Bonchev–Trinajstić information content (AvgIpc) is 3.74. The fourth-order valence-electron chi connectivity index (χ4n) is 7.02. The number of carbonyl (C=O) groups is 1. The fourth-order valence-corrected chi connectivity index (χ4v) is 7.29. The zero-order valence-corrected chi connectivity index (χ0v) is 28.9. The largest absolute Gasteiger partial charge is 0.467 e. The molecule has 2 unspecified atom stereocenters. The maximum absolute atomic E-state index is 15.0. The van der Waals surface area contributed by atoms with E-state index in [1.165, 1.54) is 18.4 Å². The first kappa shape index (κ1) is 36.7. The fraction of sp³-hybridized carbons (Fsp3) is 0.515. The van der Waals surface area contributed by atoms with Gasteiger partial charge in [-0.25, -0.2) is 4.39 Å². The molecule has 1 amide bonds. The molecule has 0 spiro atoms. The van der Waals surface area contributed by atoms with Gasteiger partial charge in [-0.15, -0.1) is 0 Å². The highest BCUT2D eigenvalue weighted by Crippen LogP contribution is 2.43. The molecule has 0 aliphatic carbocycles. The van der Waals surface area contributed by atoms with Crippen molar-refractivity contribution in [2.45, 2.75) is 70.1 Å². The number of hydrogen-bond acceptors (Lipinski definition) is 9. The number of aryl methyl sites for hydroxylation is 1. The van der Waals surface area contributed by atoms with Gasteiger partial charge in [0.2, 0.25) is 0 Å². The molecular weight excluding hydrogens is 706 g/mol. The first-order chi connectivity index (χ1) is 24.2. The van der Waals surface area contributed by atoms with E-state index in [9.17, 15) is 31.1 Å². The summed E-state index contributed by atoms with van der Waals surface area (Å²) in [5.74, 6) is -1.07. The Morgan fingerprint density at radius 1 is 1.10 bits per heavy atom. The molecular formula is C33H37ClF6N8O3. The summed E-state index contributed by atoms with van der Waals surface area (Å²) in [4.78, 5) is 26.9. The summed E-state index contributed by atoms with van der Waals surface area (Å²) in [6.07, 6.45) is -4.18. The van der Waals surface area contributed by atoms with E-state index in [0.717, 1.165) is 25.1 Å². The standard InChI is InChI=1S/C25H26ClF4N7O3.C8H11F2N/c1-35(2)23(38)21-19(26)16-10-36(7-4-8-37(16)34-21)22-12-11-40-17(9-15(12)32-24(33-22)39-3)18-13(25(28,29)30)5-6-14(31)20(18)27;9-8(10)6-4-7-2-1-3-11(7)5-6/h5-6,17H,4,7-11,31H2,1-3H3;7H,1-5H2. The Kier molecular flexibility index (Phi) is 10.4. The molecule has 1 aromatic carbocycles. The lowest BCUT2D eigenvalue weighted by atomic mass is 9.94. The van der Waals surface area contributed by atoms with Gasteiger partial charge in [0.05, 0.1) is 54.0 Å². The normalized spacial score (nSPS) is 20.2. The number of fused-ring (bicyclic) bond motifs is 3. The van der Waals surface area contributed by atoms with E-state index in [2.05, 4.69) is 20.0 Å². The summed E-state index contributed by atoms with van der Waals surface area (Å²) in [7, 11) is 4.58. The van der Waals surface area contributed by atoms with Gasteiger partial charge in [-0.05, 0) is 44.4 Å². The number of methoxy groups -OCH3 is 1. The molecule has 0 bridgehead atoms. The van der Waals surface area contributed by atoms with Gasteiger partial charge >= 0.3 is 12.2 Å². The van der Waals surface area contributed by atoms with Crippen molar-refractivity contribution in [3.63, 3.8) is 0 Å². The van der Waals surface area contributed by atoms with Gasteiger partial charge in [0.1, 0.15) is 5.82 Å². The summed E-state index contributed by atoms with van der Waals surface area (Å²) in [5.41, 5.74) is 5.39. The van der Waals surface area contributed by atoms with Crippen LogP contribution in [-0.2, 0) is 37.0 Å². The predicted molar refractivity (Wildman–Crippen MR) is 175 cm³/mol. The van der Waals surface area contributed by atoms with E-state index in [4.69, 9.17) is 26.8 Å². The molecule has 2 saturated heterocycles. The Balaban J connectivity index is 0.000000344. The summed E-state index contributed by atoms with van der Waals surface area (Å²) in [6.45, 7) is 2.62. The highest BCUT2D eigenvalue weighted by atomic mass is 35.5. The second-order valence-corrected chi connectivity index (χ2v) is 13.4. The SMILES string of the molecule is COc1nc2c(c(N3CCCn4nc(C(=O)N(C)C)c(Cl)c4C3)n1)COC(c1c(C(F)(F)F)ccc(N)c1F)C2.FC(F)=C1CC2CCCN2C1. The van der Waals surface area contributed by atoms with Crippen molar-refractivity contribution < 1.29 is 40.6 Å². The molecule has 0 radical (unpaired) electrons.